The van der Waals surface area contributed by atoms with Crippen LogP contribution in [0.4, 0.5) is 0 Å². The van der Waals surface area contributed by atoms with E-state index in [0.29, 0.717) is 30.9 Å². The molecule has 18 heavy (non-hydrogen) atoms. The molecule has 0 spiro atoms. The lowest BCUT2D eigenvalue weighted by molar-refractivity contribution is 0.100. The van der Waals surface area contributed by atoms with Gasteiger partial charge in [-0.1, -0.05) is 12.1 Å². The van der Waals surface area contributed by atoms with E-state index in [-0.39, 0.29) is 5.78 Å². The molecule has 1 aromatic carbocycles. The number of ether oxygens (including phenoxy) is 1. The van der Waals surface area contributed by atoms with Crippen LogP contribution in [-0.2, 0) is 0 Å². The number of para-hydroxylation sites is 1. The van der Waals surface area contributed by atoms with Gasteiger partial charge in [0.1, 0.15) is 12.4 Å². The van der Waals surface area contributed by atoms with Crippen LogP contribution in [0.1, 0.15) is 16.8 Å². The fraction of sp³-hybridized carbons (Fsp3) is 0.429. The minimum absolute atomic E-state index is 0.0895. The first-order valence-corrected chi connectivity index (χ1v) is 6.09. The molecule has 0 bridgehead atoms. The number of rotatable bonds is 3. The van der Waals surface area contributed by atoms with Crippen molar-refractivity contribution in [2.45, 2.75) is 6.42 Å². The Kier molecular flexibility index (Phi) is 4.10. The predicted octanol–water partition coefficient (Wildman–Crippen LogP) is 1.65. The van der Waals surface area contributed by atoms with Crippen molar-refractivity contribution < 1.29 is 9.53 Å². The first kappa shape index (κ1) is 12.8. The quantitative estimate of drug-likeness (QED) is 0.814. The Balaban J connectivity index is 2.07. The van der Waals surface area contributed by atoms with Crippen molar-refractivity contribution in [1.29, 1.82) is 0 Å². The first-order chi connectivity index (χ1) is 8.66. The second-order valence-electron chi connectivity index (χ2n) is 4.64. The van der Waals surface area contributed by atoms with Gasteiger partial charge in [-0.3, -0.25) is 9.79 Å². The Morgan fingerprint density at radius 1 is 1.33 bits per heavy atom. The maximum absolute atomic E-state index is 12.0. The lowest BCUT2D eigenvalue weighted by atomic mass is 10.1. The third-order valence-corrected chi connectivity index (χ3v) is 2.83. The van der Waals surface area contributed by atoms with E-state index in [1.54, 1.807) is 6.07 Å². The van der Waals surface area contributed by atoms with Crippen LogP contribution in [0.25, 0.3) is 0 Å². The number of benzene rings is 1. The molecular weight excluding hydrogens is 228 g/mol. The summed E-state index contributed by atoms with van der Waals surface area (Å²) in [6, 6.07) is 7.37. The zero-order chi connectivity index (χ0) is 13.0. The number of aliphatic imine (C=N–C) groups is 1. The van der Waals surface area contributed by atoms with Crippen molar-refractivity contribution in [1.82, 2.24) is 4.90 Å². The van der Waals surface area contributed by atoms with Crippen LogP contribution in [0, 0.1) is 0 Å². The maximum atomic E-state index is 12.0. The smallest absolute Gasteiger partial charge is 0.172 e. The van der Waals surface area contributed by atoms with Gasteiger partial charge >= 0.3 is 0 Å². The van der Waals surface area contributed by atoms with Crippen LogP contribution in [-0.4, -0.2) is 50.2 Å². The van der Waals surface area contributed by atoms with Crippen LogP contribution in [0.15, 0.2) is 29.3 Å². The molecule has 4 heteroatoms. The molecule has 96 valence electrons. The third-order valence-electron chi connectivity index (χ3n) is 2.83. The first-order valence-electron chi connectivity index (χ1n) is 6.09. The summed E-state index contributed by atoms with van der Waals surface area (Å²) < 4.78 is 5.62. The molecule has 0 saturated carbocycles. The molecule has 1 aliphatic rings. The van der Waals surface area contributed by atoms with E-state index in [4.69, 9.17) is 4.74 Å². The lowest BCUT2D eigenvalue weighted by Crippen LogP contribution is -2.18. The SMILES string of the molecule is CN(C)CCN=C1COc2ccccc2C(=O)C1. The molecule has 0 unspecified atom stereocenters. The van der Waals surface area contributed by atoms with Gasteiger partial charge in [-0.05, 0) is 26.2 Å². The van der Waals surface area contributed by atoms with E-state index in [9.17, 15) is 4.79 Å². The van der Waals surface area contributed by atoms with Gasteiger partial charge in [0.15, 0.2) is 5.78 Å². The predicted molar refractivity (Wildman–Crippen MR) is 71.7 cm³/mol. The summed E-state index contributed by atoms with van der Waals surface area (Å²) in [6.07, 6.45) is 0.366. The average molecular weight is 246 g/mol. The number of Topliss-reactive ketones (excluding diaryl/α,β-unsaturated/α-hetero) is 1. The normalized spacial score (nSPS) is 17.5. The second kappa shape index (κ2) is 5.78. The minimum atomic E-state index is 0.0895. The highest BCUT2D eigenvalue weighted by atomic mass is 16.5. The zero-order valence-corrected chi connectivity index (χ0v) is 10.8. The van der Waals surface area contributed by atoms with E-state index in [0.717, 1.165) is 12.3 Å². The molecule has 1 aromatic rings. The summed E-state index contributed by atoms with van der Waals surface area (Å²) in [5.74, 6) is 0.756. The van der Waals surface area contributed by atoms with E-state index in [1.165, 1.54) is 0 Å². The molecule has 0 N–H and O–H groups in total. The molecular formula is C14H18N2O2. The van der Waals surface area contributed by atoms with E-state index in [1.807, 2.05) is 32.3 Å². The third kappa shape index (κ3) is 3.17. The minimum Gasteiger partial charge on any atom is -0.487 e. The van der Waals surface area contributed by atoms with Crippen LogP contribution in [0.5, 0.6) is 5.75 Å². The molecule has 1 heterocycles. The molecule has 2 rings (SSSR count). The molecule has 1 aliphatic heterocycles. The molecule has 0 atom stereocenters. The number of hydrogen-bond acceptors (Lipinski definition) is 4. The Morgan fingerprint density at radius 2 is 2.11 bits per heavy atom. The van der Waals surface area contributed by atoms with Gasteiger partial charge in [0.05, 0.1) is 24.2 Å². The van der Waals surface area contributed by atoms with Crippen LogP contribution < -0.4 is 4.74 Å². The van der Waals surface area contributed by atoms with Gasteiger partial charge in [-0.2, -0.15) is 0 Å². The topological polar surface area (TPSA) is 41.9 Å². The van der Waals surface area contributed by atoms with Crippen molar-refractivity contribution in [3.05, 3.63) is 29.8 Å². The highest BCUT2D eigenvalue weighted by Gasteiger charge is 2.19. The van der Waals surface area contributed by atoms with Gasteiger partial charge < -0.3 is 9.64 Å². The second-order valence-corrected chi connectivity index (χ2v) is 4.64. The Morgan fingerprint density at radius 3 is 2.89 bits per heavy atom. The molecule has 4 nitrogen and oxygen atoms in total. The highest BCUT2D eigenvalue weighted by Crippen LogP contribution is 2.22. The van der Waals surface area contributed by atoms with Crippen molar-refractivity contribution in [2.75, 3.05) is 33.8 Å². The molecule has 0 aliphatic carbocycles. The van der Waals surface area contributed by atoms with Gasteiger partial charge in [-0.15, -0.1) is 0 Å². The lowest BCUT2D eigenvalue weighted by Gasteiger charge is -2.07. The van der Waals surface area contributed by atoms with E-state index < -0.39 is 0 Å². The number of nitrogens with zero attached hydrogens (tertiary/aromatic N) is 2. The zero-order valence-electron chi connectivity index (χ0n) is 10.8. The molecule has 0 fully saturated rings. The molecule has 0 aromatic heterocycles. The summed E-state index contributed by atoms with van der Waals surface area (Å²) in [7, 11) is 4.01. The molecule has 0 saturated heterocycles. The maximum Gasteiger partial charge on any atom is 0.172 e. The average Bonchev–Trinajstić information content (AvgIpc) is 2.50. The summed E-state index contributed by atoms with van der Waals surface area (Å²) in [5.41, 5.74) is 1.49. The number of carbonyl (C=O) groups is 1. The Hall–Kier alpha value is -1.68. The Bertz CT molecular complexity index is 467. The van der Waals surface area contributed by atoms with E-state index in [2.05, 4.69) is 9.89 Å². The van der Waals surface area contributed by atoms with Crippen molar-refractivity contribution in [2.24, 2.45) is 4.99 Å². The Labute approximate surface area is 107 Å². The van der Waals surface area contributed by atoms with Crippen molar-refractivity contribution >= 4 is 11.5 Å². The van der Waals surface area contributed by atoms with Crippen molar-refractivity contribution in [3.63, 3.8) is 0 Å². The largest absolute Gasteiger partial charge is 0.487 e. The number of ketones is 1. The standard InChI is InChI=1S/C14H18N2O2/c1-16(2)8-7-15-11-9-13(17)12-5-3-4-6-14(12)18-10-11/h3-6H,7-10H2,1-2H3. The van der Waals surface area contributed by atoms with E-state index >= 15 is 0 Å². The fourth-order valence-electron chi connectivity index (χ4n) is 1.83. The molecule has 0 radical (unpaired) electrons. The summed E-state index contributed by atoms with van der Waals surface area (Å²) in [4.78, 5) is 18.6. The fourth-order valence-corrected chi connectivity index (χ4v) is 1.83. The highest BCUT2D eigenvalue weighted by molar-refractivity contribution is 6.12. The van der Waals surface area contributed by atoms with Crippen molar-refractivity contribution in [3.8, 4) is 5.75 Å². The van der Waals surface area contributed by atoms with Crippen LogP contribution in [0.3, 0.4) is 0 Å². The number of fused-ring (bicyclic) bond motifs is 1. The van der Waals surface area contributed by atoms with Crippen LogP contribution in [0.2, 0.25) is 0 Å². The van der Waals surface area contributed by atoms with Gasteiger partial charge in [-0.25, -0.2) is 0 Å². The van der Waals surface area contributed by atoms with Gasteiger partial charge in [0, 0.05) is 6.54 Å². The monoisotopic (exact) mass is 246 g/mol. The molecule has 0 amide bonds. The number of hydrogen-bond donors (Lipinski definition) is 0. The summed E-state index contributed by atoms with van der Waals surface area (Å²) >= 11 is 0. The van der Waals surface area contributed by atoms with Gasteiger partial charge in [0.2, 0.25) is 0 Å². The number of carbonyl (C=O) groups excluding carboxylic acids is 1. The van der Waals surface area contributed by atoms with Crippen LogP contribution >= 0.6 is 0 Å². The number of likely N-dealkylation sites (N-methyl/N-ethyl adjacent to an activating group) is 1. The summed E-state index contributed by atoms with van der Waals surface area (Å²) in [6.45, 7) is 2.00. The van der Waals surface area contributed by atoms with Gasteiger partial charge in [0.25, 0.3) is 0 Å². The summed E-state index contributed by atoms with van der Waals surface area (Å²) in [5, 5.41) is 0.